The van der Waals surface area contributed by atoms with Gasteiger partial charge in [0.25, 0.3) is 0 Å². The fraction of sp³-hybridized carbons (Fsp3) is 0.556. The standard InChI is InChI=1S/C18H24N2O3/c21-17(10-9-15-7-8-15)19-11-4-12-20(14-13-19)18(22)23-16-5-2-1-3-6-16/h1-3,5-6,15H,4,7-14H2. The van der Waals surface area contributed by atoms with E-state index < -0.39 is 0 Å². The van der Waals surface area contributed by atoms with E-state index in [1.165, 1.54) is 12.8 Å². The van der Waals surface area contributed by atoms with Gasteiger partial charge in [-0.2, -0.15) is 0 Å². The van der Waals surface area contributed by atoms with Crippen molar-refractivity contribution in [2.45, 2.75) is 32.1 Å². The topological polar surface area (TPSA) is 49.9 Å². The largest absolute Gasteiger partial charge is 0.415 e. The second-order valence-corrected chi connectivity index (χ2v) is 6.38. The molecular weight excluding hydrogens is 292 g/mol. The molecule has 0 atom stereocenters. The molecule has 124 valence electrons. The van der Waals surface area contributed by atoms with Crippen LogP contribution in [0.1, 0.15) is 32.1 Å². The third-order valence-corrected chi connectivity index (χ3v) is 4.52. The predicted octanol–water partition coefficient (Wildman–Crippen LogP) is 2.91. The third kappa shape index (κ3) is 4.71. The number of hydrogen-bond acceptors (Lipinski definition) is 3. The lowest BCUT2D eigenvalue weighted by Gasteiger charge is -2.21. The van der Waals surface area contributed by atoms with E-state index in [0.717, 1.165) is 25.3 Å². The van der Waals surface area contributed by atoms with Gasteiger partial charge in [0.15, 0.2) is 0 Å². The Kier molecular flexibility index (Phi) is 5.16. The molecule has 23 heavy (non-hydrogen) atoms. The summed E-state index contributed by atoms with van der Waals surface area (Å²) in [6.07, 6.45) is 4.72. The van der Waals surface area contributed by atoms with E-state index in [2.05, 4.69) is 0 Å². The number of hydrogen-bond donors (Lipinski definition) is 0. The first-order valence-electron chi connectivity index (χ1n) is 8.52. The molecule has 3 rings (SSSR count). The molecule has 2 fully saturated rings. The van der Waals surface area contributed by atoms with Gasteiger partial charge < -0.3 is 14.5 Å². The quantitative estimate of drug-likeness (QED) is 0.858. The summed E-state index contributed by atoms with van der Waals surface area (Å²) in [5.41, 5.74) is 0. The van der Waals surface area contributed by atoms with Crippen LogP contribution >= 0.6 is 0 Å². The van der Waals surface area contributed by atoms with Crippen molar-refractivity contribution in [3.05, 3.63) is 30.3 Å². The van der Waals surface area contributed by atoms with E-state index in [4.69, 9.17) is 4.74 Å². The lowest BCUT2D eigenvalue weighted by Crippen LogP contribution is -2.38. The molecule has 5 heteroatoms. The van der Waals surface area contributed by atoms with Crippen molar-refractivity contribution >= 4 is 12.0 Å². The van der Waals surface area contributed by atoms with Gasteiger partial charge in [-0.15, -0.1) is 0 Å². The highest BCUT2D eigenvalue weighted by atomic mass is 16.6. The Labute approximate surface area is 137 Å². The number of benzene rings is 1. The van der Waals surface area contributed by atoms with Gasteiger partial charge >= 0.3 is 6.09 Å². The molecular formula is C18H24N2O3. The first kappa shape index (κ1) is 15.8. The van der Waals surface area contributed by atoms with Crippen molar-refractivity contribution in [3.63, 3.8) is 0 Å². The van der Waals surface area contributed by atoms with Crippen molar-refractivity contribution in [2.24, 2.45) is 5.92 Å². The smallest absolute Gasteiger partial charge is 0.410 e. The Bertz CT molecular complexity index is 542. The van der Waals surface area contributed by atoms with E-state index >= 15 is 0 Å². The number of carbonyl (C=O) groups is 2. The summed E-state index contributed by atoms with van der Waals surface area (Å²) in [5.74, 6) is 1.57. The molecule has 0 unspecified atom stereocenters. The summed E-state index contributed by atoms with van der Waals surface area (Å²) < 4.78 is 5.38. The molecule has 1 aliphatic heterocycles. The summed E-state index contributed by atoms with van der Waals surface area (Å²) in [6, 6.07) is 9.10. The lowest BCUT2D eigenvalue weighted by molar-refractivity contribution is -0.131. The van der Waals surface area contributed by atoms with Crippen molar-refractivity contribution < 1.29 is 14.3 Å². The average molecular weight is 316 g/mol. The minimum absolute atomic E-state index is 0.232. The Morgan fingerprint density at radius 1 is 1.00 bits per heavy atom. The molecule has 0 N–H and O–H groups in total. The zero-order valence-corrected chi connectivity index (χ0v) is 13.4. The van der Waals surface area contributed by atoms with Crippen LogP contribution in [0, 0.1) is 5.92 Å². The maximum absolute atomic E-state index is 12.2. The summed E-state index contributed by atoms with van der Waals surface area (Å²) in [6.45, 7) is 2.52. The second-order valence-electron chi connectivity index (χ2n) is 6.38. The predicted molar refractivity (Wildman–Crippen MR) is 87.2 cm³/mol. The normalized spacial score (nSPS) is 18.4. The zero-order valence-electron chi connectivity index (χ0n) is 13.4. The summed E-state index contributed by atoms with van der Waals surface area (Å²) in [4.78, 5) is 28.1. The van der Waals surface area contributed by atoms with E-state index in [1.54, 1.807) is 17.0 Å². The van der Waals surface area contributed by atoms with Crippen LogP contribution in [0.15, 0.2) is 30.3 Å². The monoisotopic (exact) mass is 316 g/mol. The van der Waals surface area contributed by atoms with Crippen LogP contribution < -0.4 is 4.74 Å². The van der Waals surface area contributed by atoms with Gasteiger partial charge in [0.05, 0.1) is 0 Å². The molecule has 0 aromatic heterocycles. The molecule has 0 spiro atoms. The minimum atomic E-state index is -0.330. The highest BCUT2D eigenvalue weighted by Gasteiger charge is 2.26. The molecule has 1 aromatic carbocycles. The third-order valence-electron chi connectivity index (χ3n) is 4.52. The van der Waals surface area contributed by atoms with Gasteiger partial charge in [0.2, 0.25) is 5.91 Å². The number of amides is 2. The minimum Gasteiger partial charge on any atom is -0.410 e. The molecule has 1 saturated heterocycles. The number of carbonyl (C=O) groups excluding carboxylic acids is 2. The SMILES string of the molecule is O=C(CCC1CC1)N1CCCN(C(=O)Oc2ccccc2)CC1. The average Bonchev–Trinajstić information content (AvgIpc) is 3.40. The summed E-state index contributed by atoms with van der Waals surface area (Å²) in [5, 5.41) is 0. The van der Waals surface area contributed by atoms with Gasteiger partial charge in [-0.05, 0) is 30.9 Å². The fourth-order valence-corrected chi connectivity index (χ4v) is 2.90. The maximum atomic E-state index is 12.2. The summed E-state index contributed by atoms with van der Waals surface area (Å²) in [7, 11) is 0. The summed E-state index contributed by atoms with van der Waals surface area (Å²) >= 11 is 0. The Balaban J connectivity index is 1.47. The maximum Gasteiger partial charge on any atom is 0.415 e. The van der Waals surface area contributed by atoms with Crippen LogP contribution in [-0.2, 0) is 4.79 Å². The Morgan fingerprint density at radius 2 is 1.70 bits per heavy atom. The number of ether oxygens (including phenoxy) is 1. The van der Waals surface area contributed by atoms with Crippen LogP contribution in [0.2, 0.25) is 0 Å². The molecule has 0 bridgehead atoms. The van der Waals surface area contributed by atoms with Crippen LogP contribution in [0.25, 0.3) is 0 Å². The Hall–Kier alpha value is -2.04. The number of para-hydroxylation sites is 1. The molecule has 1 aliphatic carbocycles. The van der Waals surface area contributed by atoms with E-state index in [0.29, 0.717) is 31.8 Å². The van der Waals surface area contributed by atoms with Gasteiger partial charge in [0, 0.05) is 32.6 Å². The molecule has 2 aliphatic rings. The van der Waals surface area contributed by atoms with E-state index in [-0.39, 0.29) is 12.0 Å². The van der Waals surface area contributed by atoms with E-state index in [9.17, 15) is 9.59 Å². The van der Waals surface area contributed by atoms with Crippen molar-refractivity contribution in [2.75, 3.05) is 26.2 Å². The highest BCUT2D eigenvalue weighted by molar-refractivity contribution is 5.76. The number of rotatable bonds is 4. The Morgan fingerprint density at radius 3 is 2.43 bits per heavy atom. The lowest BCUT2D eigenvalue weighted by atomic mass is 10.2. The van der Waals surface area contributed by atoms with Gasteiger partial charge in [-0.3, -0.25) is 4.79 Å². The van der Waals surface area contributed by atoms with Crippen molar-refractivity contribution in [3.8, 4) is 5.75 Å². The molecule has 0 radical (unpaired) electrons. The second kappa shape index (κ2) is 7.49. The zero-order chi connectivity index (χ0) is 16.1. The molecule has 1 heterocycles. The first-order chi connectivity index (χ1) is 11.2. The van der Waals surface area contributed by atoms with Gasteiger partial charge in [-0.1, -0.05) is 31.0 Å². The van der Waals surface area contributed by atoms with Crippen LogP contribution in [0.4, 0.5) is 4.79 Å². The van der Waals surface area contributed by atoms with Crippen LogP contribution in [0.3, 0.4) is 0 Å². The molecule has 1 saturated carbocycles. The van der Waals surface area contributed by atoms with Crippen LogP contribution in [0.5, 0.6) is 5.75 Å². The molecule has 5 nitrogen and oxygen atoms in total. The van der Waals surface area contributed by atoms with Gasteiger partial charge in [0.1, 0.15) is 5.75 Å². The fourth-order valence-electron chi connectivity index (χ4n) is 2.90. The van der Waals surface area contributed by atoms with Crippen molar-refractivity contribution in [1.29, 1.82) is 0 Å². The highest BCUT2D eigenvalue weighted by Crippen LogP contribution is 2.33. The number of nitrogens with zero attached hydrogens (tertiary/aromatic N) is 2. The van der Waals surface area contributed by atoms with Crippen LogP contribution in [-0.4, -0.2) is 48.0 Å². The first-order valence-corrected chi connectivity index (χ1v) is 8.52. The molecule has 1 aromatic rings. The van der Waals surface area contributed by atoms with Gasteiger partial charge in [-0.25, -0.2) is 4.79 Å². The van der Waals surface area contributed by atoms with E-state index in [1.807, 2.05) is 23.1 Å². The van der Waals surface area contributed by atoms with Crippen molar-refractivity contribution in [1.82, 2.24) is 9.80 Å². The molecule has 2 amide bonds.